The zero-order valence-corrected chi connectivity index (χ0v) is 7.88. The summed E-state index contributed by atoms with van der Waals surface area (Å²) < 4.78 is 1.71. The Morgan fingerprint density at radius 2 is 2.29 bits per heavy atom. The summed E-state index contributed by atoms with van der Waals surface area (Å²) in [6.45, 7) is -0.0141. The lowest BCUT2D eigenvalue weighted by Gasteiger charge is -2.01. The molecule has 2 heterocycles. The van der Waals surface area contributed by atoms with Crippen LogP contribution in [-0.2, 0) is 13.7 Å². The molecule has 4 nitrogen and oxygen atoms in total. The summed E-state index contributed by atoms with van der Waals surface area (Å²) in [5, 5.41) is 13.3. The van der Waals surface area contributed by atoms with Crippen LogP contribution in [0.25, 0.3) is 11.4 Å². The topological polar surface area (TPSA) is 50.9 Å². The van der Waals surface area contributed by atoms with E-state index in [1.807, 2.05) is 25.4 Å². The number of pyridine rings is 1. The standard InChI is InChI=1S/C10H11N3O/c1-13-6-4-9(12-13)10-8(7-14)3-2-5-11-10/h2-6,14H,7H2,1H3. The van der Waals surface area contributed by atoms with Crippen molar-refractivity contribution in [3.63, 3.8) is 0 Å². The van der Waals surface area contributed by atoms with E-state index in [9.17, 15) is 0 Å². The first-order chi connectivity index (χ1) is 6.81. The molecule has 2 aromatic heterocycles. The average molecular weight is 189 g/mol. The van der Waals surface area contributed by atoms with E-state index in [-0.39, 0.29) is 6.61 Å². The van der Waals surface area contributed by atoms with Crippen LogP contribution in [-0.4, -0.2) is 19.9 Å². The maximum atomic E-state index is 9.11. The predicted molar refractivity (Wildman–Crippen MR) is 52.4 cm³/mol. The number of hydrogen-bond acceptors (Lipinski definition) is 3. The first-order valence-electron chi connectivity index (χ1n) is 4.36. The van der Waals surface area contributed by atoms with E-state index in [1.165, 1.54) is 0 Å². The van der Waals surface area contributed by atoms with Crippen LogP contribution in [0, 0.1) is 0 Å². The van der Waals surface area contributed by atoms with E-state index in [1.54, 1.807) is 16.9 Å². The van der Waals surface area contributed by atoms with Gasteiger partial charge in [-0.15, -0.1) is 0 Å². The Morgan fingerprint density at radius 1 is 1.43 bits per heavy atom. The van der Waals surface area contributed by atoms with Gasteiger partial charge in [-0.05, 0) is 12.1 Å². The SMILES string of the molecule is Cn1ccc(-c2ncccc2CO)n1. The number of nitrogens with zero attached hydrogens (tertiary/aromatic N) is 3. The minimum atomic E-state index is -0.0141. The highest BCUT2D eigenvalue weighted by molar-refractivity contribution is 5.57. The molecule has 0 bridgehead atoms. The van der Waals surface area contributed by atoms with Gasteiger partial charge in [0.25, 0.3) is 0 Å². The maximum Gasteiger partial charge on any atom is 0.111 e. The van der Waals surface area contributed by atoms with E-state index in [4.69, 9.17) is 5.11 Å². The summed E-state index contributed by atoms with van der Waals surface area (Å²) in [5.74, 6) is 0. The molecule has 0 spiro atoms. The number of aliphatic hydroxyl groups is 1. The van der Waals surface area contributed by atoms with Crippen molar-refractivity contribution in [2.24, 2.45) is 7.05 Å². The fraction of sp³-hybridized carbons (Fsp3) is 0.200. The maximum absolute atomic E-state index is 9.11. The molecule has 0 aliphatic heterocycles. The van der Waals surface area contributed by atoms with Gasteiger partial charge in [0, 0.05) is 25.0 Å². The Bertz CT molecular complexity index is 436. The minimum Gasteiger partial charge on any atom is -0.392 e. The van der Waals surface area contributed by atoms with Crippen molar-refractivity contribution in [1.82, 2.24) is 14.8 Å². The predicted octanol–water partition coefficient (Wildman–Crippen LogP) is 0.974. The summed E-state index contributed by atoms with van der Waals surface area (Å²) in [6.07, 6.45) is 3.55. The second-order valence-corrected chi connectivity index (χ2v) is 3.04. The first kappa shape index (κ1) is 8.90. The second-order valence-electron chi connectivity index (χ2n) is 3.04. The molecule has 0 saturated heterocycles. The van der Waals surface area contributed by atoms with Crippen LogP contribution in [0.5, 0.6) is 0 Å². The lowest BCUT2D eigenvalue weighted by Crippen LogP contribution is -1.94. The van der Waals surface area contributed by atoms with Crippen molar-refractivity contribution in [2.45, 2.75) is 6.61 Å². The molecule has 72 valence electrons. The first-order valence-corrected chi connectivity index (χ1v) is 4.36. The summed E-state index contributed by atoms with van der Waals surface area (Å²) in [7, 11) is 1.85. The Balaban J connectivity index is 2.50. The number of rotatable bonds is 2. The third kappa shape index (κ3) is 1.52. The molecule has 0 aromatic carbocycles. The van der Waals surface area contributed by atoms with E-state index in [2.05, 4.69) is 10.1 Å². The number of aromatic nitrogens is 3. The van der Waals surface area contributed by atoms with E-state index >= 15 is 0 Å². The van der Waals surface area contributed by atoms with Gasteiger partial charge in [-0.25, -0.2) is 0 Å². The molecule has 0 atom stereocenters. The van der Waals surface area contributed by atoms with Crippen molar-refractivity contribution in [3.8, 4) is 11.4 Å². The molecule has 1 N–H and O–H groups in total. The number of hydrogen-bond donors (Lipinski definition) is 1. The molecule has 0 radical (unpaired) electrons. The molecule has 14 heavy (non-hydrogen) atoms. The lowest BCUT2D eigenvalue weighted by atomic mass is 10.1. The van der Waals surface area contributed by atoms with Gasteiger partial charge in [0.1, 0.15) is 5.69 Å². The van der Waals surface area contributed by atoms with Crippen molar-refractivity contribution < 1.29 is 5.11 Å². The summed E-state index contributed by atoms with van der Waals surface area (Å²) in [5.41, 5.74) is 2.33. The fourth-order valence-electron chi connectivity index (χ4n) is 1.34. The molecule has 0 aliphatic carbocycles. The van der Waals surface area contributed by atoms with E-state index in [0.717, 1.165) is 17.0 Å². The summed E-state index contributed by atoms with van der Waals surface area (Å²) in [4.78, 5) is 4.20. The van der Waals surface area contributed by atoms with Crippen molar-refractivity contribution in [3.05, 3.63) is 36.2 Å². The monoisotopic (exact) mass is 189 g/mol. The highest BCUT2D eigenvalue weighted by Crippen LogP contribution is 2.18. The molecular formula is C10H11N3O. The Kier molecular flexibility index (Phi) is 2.28. The molecule has 0 saturated carbocycles. The van der Waals surface area contributed by atoms with Gasteiger partial charge in [0.15, 0.2) is 0 Å². The second kappa shape index (κ2) is 3.59. The van der Waals surface area contributed by atoms with Gasteiger partial charge >= 0.3 is 0 Å². The van der Waals surface area contributed by atoms with Crippen molar-refractivity contribution >= 4 is 0 Å². The van der Waals surface area contributed by atoms with Crippen LogP contribution in [0.4, 0.5) is 0 Å². The van der Waals surface area contributed by atoms with Gasteiger partial charge in [-0.2, -0.15) is 5.10 Å². The Labute approximate surface area is 81.8 Å². The minimum absolute atomic E-state index is 0.0141. The molecule has 0 fully saturated rings. The third-order valence-electron chi connectivity index (χ3n) is 2.02. The van der Waals surface area contributed by atoms with Crippen LogP contribution in [0.3, 0.4) is 0 Å². The molecule has 4 heteroatoms. The van der Waals surface area contributed by atoms with Crippen LogP contribution >= 0.6 is 0 Å². The molecule has 2 rings (SSSR count). The molecular weight excluding hydrogens is 178 g/mol. The third-order valence-corrected chi connectivity index (χ3v) is 2.02. The Hall–Kier alpha value is -1.68. The van der Waals surface area contributed by atoms with E-state index in [0.29, 0.717) is 0 Å². The van der Waals surface area contributed by atoms with Gasteiger partial charge in [0.2, 0.25) is 0 Å². The number of aliphatic hydroxyl groups excluding tert-OH is 1. The molecule has 0 aliphatic rings. The quantitative estimate of drug-likeness (QED) is 0.766. The van der Waals surface area contributed by atoms with E-state index < -0.39 is 0 Å². The lowest BCUT2D eigenvalue weighted by molar-refractivity contribution is 0.282. The summed E-state index contributed by atoms with van der Waals surface area (Å²) in [6, 6.07) is 5.52. The normalized spacial score (nSPS) is 10.4. The fourth-order valence-corrected chi connectivity index (χ4v) is 1.34. The Morgan fingerprint density at radius 3 is 2.93 bits per heavy atom. The highest BCUT2D eigenvalue weighted by atomic mass is 16.3. The van der Waals surface area contributed by atoms with Gasteiger partial charge in [-0.3, -0.25) is 9.67 Å². The zero-order valence-electron chi connectivity index (χ0n) is 7.88. The molecule has 0 unspecified atom stereocenters. The smallest absolute Gasteiger partial charge is 0.111 e. The zero-order chi connectivity index (χ0) is 9.97. The van der Waals surface area contributed by atoms with Crippen LogP contribution in [0.15, 0.2) is 30.6 Å². The van der Waals surface area contributed by atoms with Crippen molar-refractivity contribution in [2.75, 3.05) is 0 Å². The van der Waals surface area contributed by atoms with Gasteiger partial charge in [-0.1, -0.05) is 6.07 Å². The van der Waals surface area contributed by atoms with Crippen LogP contribution in [0.1, 0.15) is 5.56 Å². The van der Waals surface area contributed by atoms with Gasteiger partial charge < -0.3 is 5.11 Å². The van der Waals surface area contributed by atoms with Crippen molar-refractivity contribution in [1.29, 1.82) is 0 Å². The van der Waals surface area contributed by atoms with Crippen LogP contribution in [0.2, 0.25) is 0 Å². The largest absolute Gasteiger partial charge is 0.392 e. The van der Waals surface area contributed by atoms with Gasteiger partial charge in [0.05, 0.1) is 12.3 Å². The molecule has 2 aromatic rings. The molecule has 0 amide bonds. The average Bonchev–Trinajstić information content (AvgIpc) is 2.65. The highest BCUT2D eigenvalue weighted by Gasteiger charge is 2.07. The summed E-state index contributed by atoms with van der Waals surface area (Å²) >= 11 is 0. The van der Waals surface area contributed by atoms with Crippen LogP contribution < -0.4 is 0 Å². The number of aryl methyl sites for hydroxylation is 1.